The van der Waals surface area contributed by atoms with E-state index in [9.17, 15) is 0 Å². The Morgan fingerprint density at radius 1 is 0.508 bits per heavy atom. The zero-order valence-corrected chi connectivity index (χ0v) is 34.3. The van der Waals surface area contributed by atoms with Gasteiger partial charge in [-0.2, -0.15) is 20.5 Å². The molecule has 6 rings (SSSR count). The molecule has 0 unspecified atom stereocenters. The first kappa shape index (κ1) is 44.7. The van der Waals surface area contributed by atoms with Gasteiger partial charge < -0.3 is 51.4 Å². The van der Waals surface area contributed by atoms with Gasteiger partial charge in [-0.3, -0.25) is 0 Å². The van der Waals surface area contributed by atoms with Crippen LogP contribution in [0.4, 0.5) is 34.1 Å². The van der Waals surface area contributed by atoms with Gasteiger partial charge in [0.15, 0.2) is 24.4 Å². The maximum atomic E-state index is 8.23. The predicted molar refractivity (Wildman–Crippen MR) is 243 cm³/mol. The van der Waals surface area contributed by atoms with Crippen LogP contribution in [0.5, 0.6) is 23.0 Å². The van der Waals surface area contributed by atoms with Crippen LogP contribution in [0.15, 0.2) is 176 Å². The summed E-state index contributed by atoms with van der Waals surface area (Å²) in [5.41, 5.74) is 13.2. The molecule has 0 fully saturated rings. The van der Waals surface area contributed by atoms with Gasteiger partial charge in [-0.25, -0.2) is 0 Å². The van der Waals surface area contributed by atoms with Gasteiger partial charge >= 0.3 is 28.6 Å². The molecule has 0 bridgehead atoms. The fourth-order valence-corrected chi connectivity index (χ4v) is 5.11. The third-order valence-electron chi connectivity index (χ3n) is 7.51. The third-order valence-corrected chi connectivity index (χ3v) is 7.91. The van der Waals surface area contributed by atoms with Crippen LogP contribution in [0, 0.1) is 0 Å². The van der Waals surface area contributed by atoms with Crippen LogP contribution >= 0.6 is 0 Å². The van der Waals surface area contributed by atoms with Gasteiger partial charge in [0.2, 0.25) is 21.7 Å². The summed E-state index contributed by atoms with van der Waals surface area (Å²) in [6.07, 6.45) is 2.91. The summed E-state index contributed by atoms with van der Waals surface area (Å²) in [7, 11) is 3.00. The van der Waals surface area contributed by atoms with Crippen LogP contribution < -0.4 is 20.1 Å². The fourth-order valence-electron chi connectivity index (χ4n) is 4.75. The molecule has 6 aromatic rings. The van der Waals surface area contributed by atoms with Gasteiger partial charge in [0.1, 0.15) is 0 Å². The Morgan fingerprint density at radius 2 is 0.831 bits per heavy atom. The first-order chi connectivity index (χ1) is 28.3. The number of azo groups is 2. The van der Waals surface area contributed by atoms with E-state index in [4.69, 9.17) is 19.7 Å². The zero-order chi connectivity index (χ0) is 41.0. The Bertz CT molecular complexity index is 2220. The average molecular weight is 877 g/mol. The van der Waals surface area contributed by atoms with Gasteiger partial charge in [-0.1, -0.05) is 72.8 Å². The SMILES string of the molecule is COc1cc(N=Nc2ccccc2)cc(C=N[N-]C(=[SH+])Nc2ccccc2)c1[OH2+].COc1cc(N=Nc2ccccc2)cc(C=N[N-]C(=[SH+])Nc2ccccc2)c1[OH2+].[Cu+2]. The fraction of sp³-hybridized carbons (Fsp3) is 0.0476. The van der Waals surface area contributed by atoms with Crippen molar-refractivity contribution in [3.63, 3.8) is 0 Å². The van der Waals surface area contributed by atoms with E-state index >= 15 is 0 Å². The number of nitrogens with zero attached hydrogens (tertiary/aromatic N) is 8. The summed E-state index contributed by atoms with van der Waals surface area (Å²) >= 11 is 8.53. The molecular formula is C42H40CuN10O4S2+4. The summed E-state index contributed by atoms with van der Waals surface area (Å²) in [6.45, 7) is 0. The van der Waals surface area contributed by atoms with E-state index in [0.29, 0.717) is 44.2 Å². The molecule has 6 N–H and O–H groups in total. The number of nitrogens with one attached hydrogen (secondary N) is 2. The quantitative estimate of drug-likeness (QED) is 0.0236. The van der Waals surface area contributed by atoms with Gasteiger partial charge in [0, 0.05) is 35.9 Å². The summed E-state index contributed by atoms with van der Waals surface area (Å²) in [5, 5.41) is 48.0. The molecule has 1 radical (unpaired) electrons. The van der Waals surface area contributed by atoms with E-state index in [1.807, 2.05) is 121 Å². The number of benzene rings is 6. The van der Waals surface area contributed by atoms with E-state index in [2.05, 4.69) is 76.6 Å². The molecule has 0 saturated carbocycles. The van der Waals surface area contributed by atoms with Crippen molar-refractivity contribution in [1.82, 2.24) is 0 Å². The molecule has 0 amide bonds. The number of thiol groups is 2. The number of hydrogen-bond acceptors (Lipinski definition) is 8. The minimum Gasteiger partial charge on any atom is -0.590 e. The van der Waals surface area contributed by atoms with Crippen molar-refractivity contribution < 1.29 is 36.8 Å². The van der Waals surface area contributed by atoms with Gasteiger partial charge in [-0.05, 0) is 60.7 Å². The number of hydrogen-bond donors (Lipinski definition) is 2. The largest absolute Gasteiger partial charge is 2.00 e. The molecule has 0 aliphatic carbocycles. The Labute approximate surface area is 362 Å². The normalized spacial score (nSPS) is 10.7. The Hall–Kier alpha value is -7.04. The number of para-hydroxylation sites is 2. The molecule has 0 atom stereocenters. The summed E-state index contributed by atoms with van der Waals surface area (Å²) in [6, 6.07) is 44.5. The molecule has 0 aromatic heterocycles. The predicted octanol–water partition coefficient (Wildman–Crippen LogP) is 9.47. The topological polar surface area (TPSA) is 191 Å². The second-order valence-corrected chi connectivity index (χ2v) is 12.5. The molecule has 17 heteroatoms. The molecule has 0 aliphatic heterocycles. The van der Waals surface area contributed by atoms with E-state index in [1.54, 1.807) is 24.3 Å². The Morgan fingerprint density at radius 3 is 1.17 bits per heavy atom. The van der Waals surface area contributed by atoms with Crippen LogP contribution in [0.25, 0.3) is 10.9 Å². The zero-order valence-electron chi connectivity index (χ0n) is 31.6. The van der Waals surface area contributed by atoms with Crippen LogP contribution in [0.2, 0.25) is 0 Å². The number of rotatable bonds is 12. The maximum Gasteiger partial charge on any atom is 2.00 e. The minimum atomic E-state index is 0. The molecule has 0 aliphatic rings. The van der Waals surface area contributed by atoms with Crippen molar-refractivity contribution in [1.29, 1.82) is 0 Å². The number of ether oxygens (including phenoxy) is 2. The van der Waals surface area contributed by atoms with Crippen LogP contribution in [0.1, 0.15) is 11.1 Å². The molecule has 301 valence electrons. The minimum absolute atomic E-state index is 0. The van der Waals surface area contributed by atoms with E-state index in [1.165, 1.54) is 26.6 Å². The second-order valence-electron chi connectivity index (χ2n) is 11.6. The number of methoxy groups -OCH3 is 2. The van der Waals surface area contributed by atoms with Crippen molar-refractivity contribution in [2.75, 3.05) is 24.9 Å². The molecular weight excluding hydrogens is 836 g/mol. The smallest absolute Gasteiger partial charge is 0.590 e. The van der Waals surface area contributed by atoms with Crippen LogP contribution in [0.3, 0.4) is 0 Å². The molecule has 0 heterocycles. The van der Waals surface area contributed by atoms with Gasteiger partial charge in [0.25, 0.3) is 0 Å². The summed E-state index contributed by atoms with van der Waals surface area (Å²) in [4.78, 5) is 0. The van der Waals surface area contributed by atoms with Crippen molar-refractivity contribution in [2.45, 2.75) is 0 Å². The van der Waals surface area contributed by atoms with Crippen LogP contribution in [-0.4, -0.2) is 47.1 Å². The van der Waals surface area contributed by atoms with Crippen LogP contribution in [-0.2, 0) is 41.5 Å². The monoisotopic (exact) mass is 875 g/mol. The van der Waals surface area contributed by atoms with Crippen molar-refractivity contribution in [3.05, 3.63) is 168 Å². The molecule has 14 nitrogen and oxygen atoms in total. The standard InChI is InChI=1S/2C21H19N5O2S.Cu/c2*1-28-19-13-18(25-24-17-10-6-3-7-11-17)12-15(20(19)27)14-22-26-21(29)23-16-8-4-2-5-9-16;/h2*2-14H,1H3,(H3,22,23,24,25,26,27,29);/q;;+2/p+2. The maximum absolute atomic E-state index is 8.23. The van der Waals surface area contributed by atoms with Gasteiger partial charge in [-0.15, -0.1) is 0 Å². The average Bonchev–Trinajstić information content (AvgIpc) is 3.25. The molecule has 0 saturated heterocycles. The van der Waals surface area contributed by atoms with E-state index in [-0.39, 0.29) is 28.6 Å². The third kappa shape index (κ3) is 14.8. The van der Waals surface area contributed by atoms with Gasteiger partial charge in [0.05, 0.1) is 48.1 Å². The van der Waals surface area contributed by atoms with E-state index in [0.717, 1.165) is 22.7 Å². The molecule has 6 aromatic carbocycles. The summed E-state index contributed by atoms with van der Waals surface area (Å²) in [5.74, 6) is 1.10. The second kappa shape index (κ2) is 23.9. The first-order valence-corrected chi connectivity index (χ1v) is 18.3. The summed E-state index contributed by atoms with van der Waals surface area (Å²) < 4.78 is 10.5. The molecule has 0 spiro atoms. The van der Waals surface area contributed by atoms with Crippen molar-refractivity contribution >= 4 is 81.2 Å². The first-order valence-electron chi connectivity index (χ1n) is 17.4. The van der Waals surface area contributed by atoms with Crippen molar-refractivity contribution in [3.8, 4) is 23.0 Å². The Kier molecular flexibility index (Phi) is 18.1. The van der Waals surface area contributed by atoms with E-state index < -0.39 is 0 Å². The molecule has 59 heavy (non-hydrogen) atoms. The Balaban J connectivity index is 0.000000256. The van der Waals surface area contributed by atoms with Crippen molar-refractivity contribution in [2.24, 2.45) is 30.7 Å². The number of anilines is 2.